The molecule has 0 saturated heterocycles. The fourth-order valence-electron chi connectivity index (χ4n) is 3.86. The molecule has 1 amide bonds. The van der Waals surface area contributed by atoms with Gasteiger partial charge in [-0.15, -0.1) is 0 Å². The lowest BCUT2D eigenvalue weighted by molar-refractivity contribution is 0.0512. The Kier molecular flexibility index (Phi) is 6.08. The van der Waals surface area contributed by atoms with Crippen molar-refractivity contribution in [3.8, 4) is 0 Å². The van der Waals surface area contributed by atoms with Gasteiger partial charge in [-0.3, -0.25) is 4.79 Å². The standard InChI is InChI=1S/C19H30N2O3/c1-6-21-14(5)16(13(4)17(21)19(23)24-7-2)18(22)20-15-11-9-8-10-12(15)3/h12,15H,6-11H2,1-5H3,(H,20,22)/t12-,15+/m0/s1. The van der Waals surface area contributed by atoms with E-state index in [4.69, 9.17) is 4.74 Å². The zero-order valence-corrected chi connectivity index (χ0v) is 15.6. The maximum Gasteiger partial charge on any atom is 0.355 e. The van der Waals surface area contributed by atoms with E-state index in [1.165, 1.54) is 6.42 Å². The average Bonchev–Trinajstić information content (AvgIpc) is 2.80. The lowest BCUT2D eigenvalue weighted by atomic mass is 9.86. The predicted octanol–water partition coefficient (Wildman–Crippen LogP) is 3.61. The number of aromatic nitrogens is 1. The van der Waals surface area contributed by atoms with Crippen LogP contribution in [0.5, 0.6) is 0 Å². The minimum Gasteiger partial charge on any atom is -0.461 e. The molecular weight excluding hydrogens is 304 g/mol. The van der Waals surface area contributed by atoms with Crippen molar-refractivity contribution in [3.63, 3.8) is 0 Å². The van der Waals surface area contributed by atoms with Crippen LogP contribution in [0.25, 0.3) is 0 Å². The Morgan fingerprint density at radius 3 is 2.46 bits per heavy atom. The van der Waals surface area contributed by atoms with E-state index in [0.29, 0.717) is 35.9 Å². The van der Waals surface area contributed by atoms with Crippen molar-refractivity contribution in [2.24, 2.45) is 5.92 Å². The minimum absolute atomic E-state index is 0.0681. The largest absolute Gasteiger partial charge is 0.461 e. The number of amides is 1. The minimum atomic E-state index is -0.356. The van der Waals surface area contributed by atoms with Gasteiger partial charge in [-0.05, 0) is 52.0 Å². The molecule has 134 valence electrons. The number of hydrogen-bond donors (Lipinski definition) is 1. The summed E-state index contributed by atoms with van der Waals surface area (Å²) >= 11 is 0. The average molecular weight is 334 g/mol. The van der Waals surface area contributed by atoms with Crippen molar-refractivity contribution in [1.82, 2.24) is 9.88 Å². The molecule has 1 heterocycles. The third-order valence-corrected chi connectivity index (χ3v) is 5.21. The number of rotatable bonds is 5. The molecule has 0 bridgehead atoms. The molecule has 1 aromatic heterocycles. The maximum absolute atomic E-state index is 12.9. The molecule has 0 aromatic carbocycles. The monoisotopic (exact) mass is 334 g/mol. The second kappa shape index (κ2) is 7.86. The van der Waals surface area contributed by atoms with Gasteiger partial charge in [0, 0.05) is 18.3 Å². The Morgan fingerprint density at radius 2 is 1.88 bits per heavy atom. The summed E-state index contributed by atoms with van der Waals surface area (Å²) in [7, 11) is 0. The quantitative estimate of drug-likeness (QED) is 0.837. The van der Waals surface area contributed by atoms with E-state index in [0.717, 1.165) is 25.0 Å². The molecule has 0 aliphatic heterocycles. The summed E-state index contributed by atoms with van der Waals surface area (Å²) in [5.41, 5.74) is 2.67. The molecule has 2 atom stereocenters. The predicted molar refractivity (Wildman–Crippen MR) is 94.4 cm³/mol. The number of nitrogens with one attached hydrogen (secondary N) is 1. The molecule has 0 radical (unpaired) electrons. The van der Waals surface area contributed by atoms with Crippen molar-refractivity contribution >= 4 is 11.9 Å². The Morgan fingerprint density at radius 1 is 1.21 bits per heavy atom. The van der Waals surface area contributed by atoms with E-state index < -0.39 is 0 Å². The molecule has 0 unspecified atom stereocenters. The summed E-state index contributed by atoms with van der Waals surface area (Å²) in [6.07, 6.45) is 4.60. The highest BCUT2D eigenvalue weighted by molar-refractivity contribution is 6.01. The number of carbonyl (C=O) groups excluding carboxylic acids is 2. The summed E-state index contributed by atoms with van der Waals surface area (Å²) < 4.78 is 7.06. The highest BCUT2D eigenvalue weighted by Crippen LogP contribution is 2.26. The Labute approximate surface area is 144 Å². The van der Waals surface area contributed by atoms with Gasteiger partial charge in [0.25, 0.3) is 5.91 Å². The Bertz CT molecular complexity index is 619. The van der Waals surface area contributed by atoms with E-state index in [1.807, 2.05) is 25.3 Å². The third-order valence-electron chi connectivity index (χ3n) is 5.21. The van der Waals surface area contributed by atoms with Crippen molar-refractivity contribution in [1.29, 1.82) is 0 Å². The Balaban J connectivity index is 2.32. The van der Waals surface area contributed by atoms with E-state index in [-0.39, 0.29) is 17.9 Å². The van der Waals surface area contributed by atoms with Crippen LogP contribution in [0, 0.1) is 19.8 Å². The first-order valence-electron chi connectivity index (χ1n) is 9.09. The first-order chi connectivity index (χ1) is 11.4. The van der Waals surface area contributed by atoms with E-state index in [2.05, 4.69) is 12.2 Å². The van der Waals surface area contributed by atoms with Crippen molar-refractivity contribution in [2.75, 3.05) is 6.61 Å². The third kappa shape index (κ3) is 3.50. The first-order valence-corrected chi connectivity index (χ1v) is 9.09. The van der Waals surface area contributed by atoms with Crippen LogP contribution >= 0.6 is 0 Å². The fourth-order valence-corrected chi connectivity index (χ4v) is 3.86. The summed E-state index contributed by atoms with van der Waals surface area (Å²) in [6, 6.07) is 0.223. The van der Waals surface area contributed by atoms with Crippen LogP contribution in [0.2, 0.25) is 0 Å². The number of carbonyl (C=O) groups is 2. The van der Waals surface area contributed by atoms with Gasteiger partial charge in [-0.2, -0.15) is 0 Å². The van der Waals surface area contributed by atoms with Crippen LogP contribution in [0.4, 0.5) is 0 Å². The second-order valence-electron chi connectivity index (χ2n) is 6.74. The lowest BCUT2D eigenvalue weighted by Gasteiger charge is -2.29. The topological polar surface area (TPSA) is 60.3 Å². The lowest BCUT2D eigenvalue weighted by Crippen LogP contribution is -2.41. The van der Waals surface area contributed by atoms with E-state index in [1.54, 1.807) is 6.92 Å². The highest BCUT2D eigenvalue weighted by atomic mass is 16.5. The van der Waals surface area contributed by atoms with Gasteiger partial charge >= 0.3 is 5.97 Å². The smallest absolute Gasteiger partial charge is 0.355 e. The van der Waals surface area contributed by atoms with Gasteiger partial charge in [0.15, 0.2) is 0 Å². The number of ether oxygens (including phenoxy) is 1. The van der Waals surface area contributed by atoms with E-state index >= 15 is 0 Å². The number of hydrogen-bond acceptors (Lipinski definition) is 3. The van der Waals surface area contributed by atoms with Gasteiger partial charge in [-0.25, -0.2) is 4.79 Å². The van der Waals surface area contributed by atoms with Crippen molar-refractivity contribution in [2.45, 2.75) is 72.9 Å². The number of nitrogens with zero attached hydrogens (tertiary/aromatic N) is 1. The van der Waals surface area contributed by atoms with Crippen LogP contribution in [0.3, 0.4) is 0 Å². The van der Waals surface area contributed by atoms with Crippen LogP contribution in [0.15, 0.2) is 0 Å². The zero-order chi connectivity index (χ0) is 17.9. The molecule has 1 fully saturated rings. The normalized spacial score (nSPS) is 20.7. The van der Waals surface area contributed by atoms with Crippen LogP contribution in [0.1, 0.15) is 78.6 Å². The summed E-state index contributed by atoms with van der Waals surface area (Å²) in [4.78, 5) is 25.2. The highest BCUT2D eigenvalue weighted by Gasteiger charge is 2.29. The molecule has 5 heteroatoms. The van der Waals surface area contributed by atoms with Gasteiger partial charge in [0.05, 0.1) is 12.2 Å². The molecular formula is C19H30N2O3. The van der Waals surface area contributed by atoms with Crippen LogP contribution in [-0.2, 0) is 11.3 Å². The molecule has 2 rings (SSSR count). The van der Waals surface area contributed by atoms with Gasteiger partial charge in [0.1, 0.15) is 5.69 Å². The molecule has 1 aliphatic rings. The molecule has 0 spiro atoms. The Hall–Kier alpha value is -1.78. The zero-order valence-electron chi connectivity index (χ0n) is 15.6. The fraction of sp³-hybridized carbons (Fsp3) is 0.684. The van der Waals surface area contributed by atoms with Crippen LogP contribution < -0.4 is 5.32 Å². The first kappa shape index (κ1) is 18.6. The van der Waals surface area contributed by atoms with Gasteiger partial charge < -0.3 is 14.6 Å². The SMILES string of the molecule is CCOC(=O)c1c(C)c(C(=O)N[C@@H]2CCCC[C@@H]2C)c(C)n1CC. The molecule has 1 aliphatic carbocycles. The van der Waals surface area contributed by atoms with Crippen LogP contribution in [-0.4, -0.2) is 29.1 Å². The van der Waals surface area contributed by atoms with Crippen molar-refractivity contribution < 1.29 is 14.3 Å². The molecule has 5 nitrogen and oxygen atoms in total. The summed E-state index contributed by atoms with van der Waals surface area (Å²) in [5.74, 6) is 0.0765. The second-order valence-corrected chi connectivity index (χ2v) is 6.74. The molecule has 1 saturated carbocycles. The molecule has 24 heavy (non-hydrogen) atoms. The van der Waals surface area contributed by atoms with Gasteiger partial charge in [-0.1, -0.05) is 19.8 Å². The molecule has 1 N–H and O–H groups in total. The molecule has 1 aromatic rings. The number of esters is 1. The van der Waals surface area contributed by atoms with E-state index in [9.17, 15) is 9.59 Å². The summed E-state index contributed by atoms with van der Waals surface area (Å²) in [6.45, 7) is 10.7. The maximum atomic E-state index is 12.9. The van der Waals surface area contributed by atoms with Gasteiger partial charge in [0.2, 0.25) is 0 Å². The van der Waals surface area contributed by atoms with Crippen molar-refractivity contribution in [3.05, 3.63) is 22.5 Å². The summed E-state index contributed by atoms with van der Waals surface area (Å²) in [5, 5.41) is 3.20.